The third kappa shape index (κ3) is 3.82. The molecule has 0 bridgehead atoms. The second-order valence-corrected chi connectivity index (χ2v) is 7.44. The van der Waals surface area contributed by atoms with Crippen molar-refractivity contribution >= 4 is 0 Å². The molecule has 26 heavy (non-hydrogen) atoms. The smallest absolute Gasteiger partial charge is 0.0964 e. The second-order valence-electron chi connectivity index (χ2n) is 7.44. The number of ether oxygens (including phenoxy) is 2. The molecule has 0 saturated carbocycles. The highest BCUT2D eigenvalue weighted by Crippen LogP contribution is 2.42. The molecule has 6 nitrogen and oxygen atoms in total. The first-order valence-electron chi connectivity index (χ1n) is 9.62. The van der Waals surface area contributed by atoms with Crippen LogP contribution in [0.1, 0.15) is 30.9 Å². The number of likely N-dealkylation sites (tertiary alicyclic amines) is 1. The zero-order valence-electron chi connectivity index (χ0n) is 15.5. The van der Waals surface area contributed by atoms with Crippen LogP contribution in [0.15, 0.2) is 36.9 Å². The zero-order valence-corrected chi connectivity index (χ0v) is 15.5. The number of hydrogen-bond donors (Lipinski definition) is 0. The minimum absolute atomic E-state index is 0.0563. The van der Waals surface area contributed by atoms with E-state index in [1.54, 1.807) is 0 Å². The van der Waals surface area contributed by atoms with Crippen molar-refractivity contribution in [2.75, 3.05) is 26.3 Å². The molecule has 4 rings (SSSR count). The maximum atomic E-state index is 6.17. The largest absolute Gasteiger partial charge is 0.377 e. The lowest BCUT2D eigenvalue weighted by atomic mass is 9.79. The number of aromatic nitrogens is 3. The topological polar surface area (TPSA) is 52.4 Å². The Hall–Kier alpha value is -1.76. The van der Waals surface area contributed by atoms with Crippen LogP contribution >= 0.6 is 0 Å². The van der Waals surface area contributed by atoms with Gasteiger partial charge in [0.05, 0.1) is 18.4 Å². The summed E-state index contributed by atoms with van der Waals surface area (Å²) in [4.78, 5) is 6.50. The molecule has 2 fully saturated rings. The molecule has 140 valence electrons. The Morgan fingerprint density at radius 3 is 2.88 bits per heavy atom. The van der Waals surface area contributed by atoms with Crippen LogP contribution in [0.25, 0.3) is 0 Å². The summed E-state index contributed by atoms with van der Waals surface area (Å²) in [5.41, 5.74) is 2.53. The van der Waals surface area contributed by atoms with Crippen molar-refractivity contribution in [3.63, 3.8) is 0 Å². The number of hydrogen-bond acceptors (Lipinski definition) is 5. The predicted octanol–water partition coefficient (Wildman–Crippen LogP) is 2.50. The summed E-state index contributed by atoms with van der Waals surface area (Å²) in [6.45, 7) is 8.40. The van der Waals surface area contributed by atoms with Crippen LogP contribution in [0, 0.1) is 5.92 Å². The Balaban J connectivity index is 1.21. The molecule has 0 aliphatic carbocycles. The first-order chi connectivity index (χ1) is 12.8. The van der Waals surface area contributed by atoms with Gasteiger partial charge in [-0.1, -0.05) is 0 Å². The lowest BCUT2D eigenvalue weighted by molar-refractivity contribution is -0.139. The number of pyridine rings is 1. The van der Waals surface area contributed by atoms with Crippen molar-refractivity contribution in [2.45, 2.75) is 45.1 Å². The highest BCUT2D eigenvalue weighted by Gasteiger charge is 2.52. The average molecular weight is 356 g/mol. The van der Waals surface area contributed by atoms with Crippen LogP contribution in [0.2, 0.25) is 0 Å². The monoisotopic (exact) mass is 356 g/mol. The molecule has 0 unspecified atom stereocenters. The van der Waals surface area contributed by atoms with Gasteiger partial charge in [0, 0.05) is 63.5 Å². The van der Waals surface area contributed by atoms with E-state index in [4.69, 9.17) is 9.47 Å². The molecule has 1 spiro atoms. The van der Waals surface area contributed by atoms with Gasteiger partial charge in [-0.05, 0) is 43.4 Å². The lowest BCUT2D eigenvalue weighted by Gasteiger charge is -2.50. The molecular weight excluding hydrogens is 328 g/mol. The third-order valence-corrected chi connectivity index (χ3v) is 5.63. The van der Waals surface area contributed by atoms with Crippen molar-refractivity contribution in [2.24, 2.45) is 5.92 Å². The molecular formula is C20H28N4O2. The minimum atomic E-state index is 0.0563. The molecule has 4 heterocycles. The second kappa shape index (κ2) is 7.86. The van der Waals surface area contributed by atoms with E-state index in [2.05, 4.69) is 28.1 Å². The van der Waals surface area contributed by atoms with Crippen LogP contribution in [0.5, 0.6) is 0 Å². The van der Waals surface area contributed by atoms with Crippen LogP contribution in [0.3, 0.4) is 0 Å². The number of rotatable bonds is 8. The average Bonchev–Trinajstić information content (AvgIpc) is 3.26. The van der Waals surface area contributed by atoms with Gasteiger partial charge in [0.1, 0.15) is 0 Å². The SMILES string of the molecule is CCn1cc(CN2CC3(C2)OCC[C@H]3CCOCc2ccncc2)cn1. The van der Waals surface area contributed by atoms with Crippen LogP contribution in [-0.2, 0) is 29.2 Å². The van der Waals surface area contributed by atoms with Gasteiger partial charge in [0.2, 0.25) is 0 Å². The van der Waals surface area contributed by atoms with Crippen molar-refractivity contribution < 1.29 is 9.47 Å². The molecule has 2 aromatic rings. The summed E-state index contributed by atoms with van der Waals surface area (Å²) in [5.74, 6) is 0.606. The lowest BCUT2D eigenvalue weighted by Crippen LogP contribution is -2.64. The molecule has 1 atom stereocenters. The summed E-state index contributed by atoms with van der Waals surface area (Å²) in [6, 6.07) is 4.01. The van der Waals surface area contributed by atoms with E-state index < -0.39 is 0 Å². The fourth-order valence-electron chi connectivity index (χ4n) is 4.18. The van der Waals surface area contributed by atoms with E-state index in [0.717, 1.165) is 52.2 Å². The minimum Gasteiger partial charge on any atom is -0.377 e. The highest BCUT2D eigenvalue weighted by atomic mass is 16.5. The van der Waals surface area contributed by atoms with Gasteiger partial charge in [-0.3, -0.25) is 14.6 Å². The maximum absolute atomic E-state index is 6.17. The first-order valence-corrected chi connectivity index (χ1v) is 9.62. The van der Waals surface area contributed by atoms with Crippen LogP contribution in [0.4, 0.5) is 0 Å². The first kappa shape index (κ1) is 17.6. The number of aryl methyl sites for hydroxylation is 1. The molecule has 2 saturated heterocycles. The Labute approximate surface area is 155 Å². The molecule has 0 radical (unpaired) electrons. The fraction of sp³-hybridized carbons (Fsp3) is 0.600. The predicted molar refractivity (Wildman–Crippen MR) is 98.5 cm³/mol. The van der Waals surface area contributed by atoms with E-state index in [-0.39, 0.29) is 5.60 Å². The third-order valence-electron chi connectivity index (χ3n) is 5.63. The van der Waals surface area contributed by atoms with E-state index >= 15 is 0 Å². The Kier molecular flexibility index (Phi) is 5.33. The van der Waals surface area contributed by atoms with Gasteiger partial charge in [0.25, 0.3) is 0 Å². The quantitative estimate of drug-likeness (QED) is 0.680. The van der Waals surface area contributed by atoms with Crippen LogP contribution < -0.4 is 0 Å². The summed E-state index contributed by atoms with van der Waals surface area (Å²) in [5, 5.41) is 4.36. The molecule has 2 aliphatic heterocycles. The summed E-state index contributed by atoms with van der Waals surface area (Å²) >= 11 is 0. The maximum Gasteiger partial charge on any atom is 0.0964 e. The molecule has 0 N–H and O–H groups in total. The van der Waals surface area contributed by atoms with Crippen molar-refractivity contribution in [3.05, 3.63) is 48.0 Å². The number of nitrogens with zero attached hydrogens (tertiary/aromatic N) is 4. The molecule has 2 aliphatic rings. The molecule has 6 heteroatoms. The summed E-state index contributed by atoms with van der Waals surface area (Å²) in [7, 11) is 0. The Bertz CT molecular complexity index is 697. The molecule has 0 amide bonds. The van der Waals surface area contributed by atoms with Gasteiger partial charge in [-0.2, -0.15) is 5.10 Å². The standard InChI is InChI=1S/C20H28N4O2/c1-2-24-13-18(11-22-24)12-23-15-20(16-23)19(6-10-26-20)5-9-25-14-17-3-7-21-8-4-17/h3-4,7-8,11,13,19H,2,5-6,9-10,12,14-16H2,1H3/t19-/m1/s1. The van der Waals surface area contributed by atoms with Gasteiger partial charge < -0.3 is 9.47 Å². The van der Waals surface area contributed by atoms with E-state index in [1.807, 2.05) is 35.4 Å². The zero-order chi connectivity index (χ0) is 17.8. The van der Waals surface area contributed by atoms with Gasteiger partial charge in [-0.25, -0.2) is 0 Å². The Morgan fingerprint density at radius 2 is 2.12 bits per heavy atom. The van der Waals surface area contributed by atoms with E-state index in [1.165, 1.54) is 11.1 Å². The Morgan fingerprint density at radius 1 is 1.27 bits per heavy atom. The normalized spacial score (nSPS) is 22.0. The van der Waals surface area contributed by atoms with Crippen molar-refractivity contribution in [3.8, 4) is 0 Å². The van der Waals surface area contributed by atoms with Gasteiger partial charge in [0.15, 0.2) is 0 Å². The highest BCUT2D eigenvalue weighted by molar-refractivity contribution is 5.10. The van der Waals surface area contributed by atoms with Crippen molar-refractivity contribution in [1.82, 2.24) is 19.7 Å². The van der Waals surface area contributed by atoms with E-state index in [9.17, 15) is 0 Å². The van der Waals surface area contributed by atoms with Crippen molar-refractivity contribution in [1.29, 1.82) is 0 Å². The van der Waals surface area contributed by atoms with E-state index in [0.29, 0.717) is 12.5 Å². The molecule has 2 aromatic heterocycles. The fourth-order valence-corrected chi connectivity index (χ4v) is 4.18. The van der Waals surface area contributed by atoms with Crippen LogP contribution in [-0.4, -0.2) is 51.6 Å². The molecule has 0 aromatic carbocycles. The summed E-state index contributed by atoms with van der Waals surface area (Å²) < 4.78 is 14.0. The van der Waals surface area contributed by atoms with Gasteiger partial charge >= 0.3 is 0 Å². The van der Waals surface area contributed by atoms with Gasteiger partial charge in [-0.15, -0.1) is 0 Å². The summed E-state index contributed by atoms with van der Waals surface area (Å²) in [6.07, 6.45) is 9.98.